The van der Waals surface area contributed by atoms with Gasteiger partial charge in [-0.15, -0.1) is 11.3 Å². The summed E-state index contributed by atoms with van der Waals surface area (Å²) < 4.78 is 10.8. The molecule has 1 aromatic carbocycles. The number of nitrogens with zero attached hydrogens (tertiary/aromatic N) is 1. The summed E-state index contributed by atoms with van der Waals surface area (Å²) in [6, 6.07) is 7.66. The number of thiophene rings is 1. The number of aromatic nitrogens is 1. The van der Waals surface area contributed by atoms with Gasteiger partial charge in [0.2, 0.25) is 0 Å². The second-order valence-corrected chi connectivity index (χ2v) is 6.85. The Morgan fingerprint density at radius 2 is 2.08 bits per heavy atom. The maximum absolute atomic E-state index is 12.3. The lowest BCUT2D eigenvalue weighted by atomic mass is 10.2. The molecule has 1 N–H and O–H groups in total. The minimum atomic E-state index is -0.167. The molecule has 0 aliphatic heterocycles. The van der Waals surface area contributed by atoms with Crippen LogP contribution in [0.3, 0.4) is 0 Å². The molecule has 0 aliphatic rings. The van der Waals surface area contributed by atoms with Crippen molar-refractivity contribution >= 4 is 28.6 Å². The van der Waals surface area contributed by atoms with E-state index in [-0.39, 0.29) is 5.91 Å². The largest absolute Gasteiger partial charge is 0.493 e. The van der Waals surface area contributed by atoms with Gasteiger partial charge in [0.05, 0.1) is 19.8 Å². The van der Waals surface area contributed by atoms with Crippen LogP contribution in [0.15, 0.2) is 40.4 Å². The van der Waals surface area contributed by atoms with E-state index in [1.54, 1.807) is 30.9 Å². The lowest BCUT2D eigenvalue weighted by molar-refractivity contribution is 0.0950. The molecule has 0 bridgehead atoms. The molecule has 0 saturated carbocycles. The Morgan fingerprint density at radius 1 is 1.20 bits per heavy atom. The summed E-state index contributed by atoms with van der Waals surface area (Å²) >= 11 is 3.06. The van der Waals surface area contributed by atoms with E-state index in [0.29, 0.717) is 23.7 Å². The van der Waals surface area contributed by atoms with Crippen molar-refractivity contribution in [1.82, 2.24) is 10.3 Å². The standard InChI is InChI=1S/C18H18N2O3S2/c1-22-15-5-3-4-13(16(15)23-2)18-20-14(11-25-18)17(21)19-8-6-12-7-9-24-10-12/h3-5,7,9-11H,6,8H2,1-2H3,(H,19,21). The number of carbonyl (C=O) groups excluding carboxylic acids is 1. The van der Waals surface area contributed by atoms with Gasteiger partial charge in [-0.3, -0.25) is 4.79 Å². The van der Waals surface area contributed by atoms with Crippen LogP contribution in [0.1, 0.15) is 16.1 Å². The predicted molar refractivity (Wildman–Crippen MR) is 101 cm³/mol. The number of para-hydroxylation sites is 1. The van der Waals surface area contributed by atoms with E-state index in [1.807, 2.05) is 23.6 Å². The molecule has 130 valence electrons. The van der Waals surface area contributed by atoms with Gasteiger partial charge in [-0.1, -0.05) is 6.07 Å². The second-order valence-electron chi connectivity index (χ2n) is 5.22. The third-order valence-electron chi connectivity index (χ3n) is 3.65. The summed E-state index contributed by atoms with van der Waals surface area (Å²) in [5.41, 5.74) is 2.45. The fourth-order valence-electron chi connectivity index (χ4n) is 2.40. The van der Waals surface area contributed by atoms with E-state index in [1.165, 1.54) is 16.9 Å². The first kappa shape index (κ1) is 17.4. The van der Waals surface area contributed by atoms with Crippen LogP contribution in [0.25, 0.3) is 10.6 Å². The van der Waals surface area contributed by atoms with E-state index >= 15 is 0 Å². The lowest BCUT2D eigenvalue weighted by Gasteiger charge is -2.10. The quantitative estimate of drug-likeness (QED) is 0.682. The Morgan fingerprint density at radius 3 is 2.80 bits per heavy atom. The average Bonchev–Trinajstić information content (AvgIpc) is 3.32. The highest BCUT2D eigenvalue weighted by atomic mass is 32.1. The molecule has 0 atom stereocenters. The van der Waals surface area contributed by atoms with Crippen molar-refractivity contribution in [3.63, 3.8) is 0 Å². The highest BCUT2D eigenvalue weighted by molar-refractivity contribution is 7.13. The fourth-order valence-corrected chi connectivity index (χ4v) is 3.93. The van der Waals surface area contributed by atoms with Crippen LogP contribution >= 0.6 is 22.7 Å². The van der Waals surface area contributed by atoms with Crippen molar-refractivity contribution in [2.75, 3.05) is 20.8 Å². The molecule has 2 aromatic heterocycles. The van der Waals surface area contributed by atoms with Crippen LogP contribution in [0.4, 0.5) is 0 Å². The first-order valence-electron chi connectivity index (χ1n) is 7.69. The Labute approximate surface area is 154 Å². The molecular formula is C18H18N2O3S2. The van der Waals surface area contributed by atoms with Gasteiger partial charge in [0, 0.05) is 11.9 Å². The molecule has 3 aromatic rings. The monoisotopic (exact) mass is 374 g/mol. The number of ether oxygens (including phenoxy) is 2. The van der Waals surface area contributed by atoms with Crippen LogP contribution in [0.5, 0.6) is 11.5 Å². The smallest absolute Gasteiger partial charge is 0.270 e. The summed E-state index contributed by atoms with van der Waals surface area (Å²) in [5, 5.41) is 9.50. The molecule has 0 fully saturated rings. The number of hydrogen-bond acceptors (Lipinski definition) is 6. The van der Waals surface area contributed by atoms with Crippen molar-refractivity contribution in [2.45, 2.75) is 6.42 Å². The van der Waals surface area contributed by atoms with Crippen molar-refractivity contribution < 1.29 is 14.3 Å². The maximum atomic E-state index is 12.3. The second kappa shape index (κ2) is 8.13. The van der Waals surface area contributed by atoms with Crippen LogP contribution in [0.2, 0.25) is 0 Å². The van der Waals surface area contributed by atoms with Crippen molar-refractivity contribution in [1.29, 1.82) is 0 Å². The van der Waals surface area contributed by atoms with Crippen molar-refractivity contribution in [3.05, 3.63) is 51.7 Å². The van der Waals surface area contributed by atoms with Gasteiger partial charge >= 0.3 is 0 Å². The van der Waals surface area contributed by atoms with Gasteiger partial charge in [-0.05, 0) is 40.9 Å². The molecule has 0 saturated heterocycles. The maximum Gasteiger partial charge on any atom is 0.270 e. The predicted octanol–water partition coefficient (Wildman–Crippen LogP) is 3.86. The van der Waals surface area contributed by atoms with Crippen LogP contribution < -0.4 is 14.8 Å². The Balaban J connectivity index is 1.71. The zero-order chi connectivity index (χ0) is 17.6. The number of nitrogens with one attached hydrogen (secondary N) is 1. The van der Waals surface area contributed by atoms with Crippen LogP contribution in [-0.4, -0.2) is 31.7 Å². The molecule has 0 aliphatic carbocycles. The number of rotatable bonds is 7. The van der Waals surface area contributed by atoms with Crippen LogP contribution in [0, 0.1) is 0 Å². The van der Waals surface area contributed by atoms with Gasteiger partial charge in [-0.25, -0.2) is 4.98 Å². The van der Waals surface area contributed by atoms with Gasteiger partial charge in [0.15, 0.2) is 11.5 Å². The summed E-state index contributed by atoms with van der Waals surface area (Å²) in [6.07, 6.45) is 0.815. The third-order valence-corrected chi connectivity index (χ3v) is 5.26. The normalized spacial score (nSPS) is 10.5. The number of thiazole rings is 1. The van der Waals surface area contributed by atoms with Crippen molar-refractivity contribution in [3.8, 4) is 22.1 Å². The van der Waals surface area contributed by atoms with Gasteiger partial charge in [-0.2, -0.15) is 11.3 Å². The zero-order valence-electron chi connectivity index (χ0n) is 13.9. The number of benzene rings is 1. The lowest BCUT2D eigenvalue weighted by Crippen LogP contribution is -2.25. The Bertz CT molecular complexity index is 844. The van der Waals surface area contributed by atoms with Crippen molar-refractivity contribution in [2.24, 2.45) is 0 Å². The molecular weight excluding hydrogens is 356 g/mol. The van der Waals surface area contributed by atoms with Gasteiger partial charge in [0.1, 0.15) is 10.7 Å². The zero-order valence-corrected chi connectivity index (χ0v) is 15.6. The SMILES string of the molecule is COc1cccc(-c2nc(C(=O)NCCc3ccsc3)cs2)c1OC. The third kappa shape index (κ3) is 4.00. The summed E-state index contributed by atoms with van der Waals surface area (Å²) in [7, 11) is 3.18. The molecule has 0 unspecified atom stereocenters. The molecule has 25 heavy (non-hydrogen) atoms. The summed E-state index contributed by atoms with van der Waals surface area (Å²) in [6.45, 7) is 0.588. The first-order chi connectivity index (χ1) is 12.2. The van der Waals surface area contributed by atoms with Gasteiger partial charge < -0.3 is 14.8 Å². The van der Waals surface area contributed by atoms with E-state index in [4.69, 9.17) is 9.47 Å². The minimum absolute atomic E-state index is 0.167. The average molecular weight is 374 g/mol. The molecule has 0 radical (unpaired) electrons. The first-order valence-corrected chi connectivity index (χ1v) is 9.51. The molecule has 0 spiro atoms. The number of carbonyl (C=O) groups is 1. The van der Waals surface area contributed by atoms with Crippen LogP contribution in [-0.2, 0) is 6.42 Å². The fraction of sp³-hybridized carbons (Fsp3) is 0.222. The minimum Gasteiger partial charge on any atom is -0.493 e. The van der Waals surface area contributed by atoms with E-state index < -0.39 is 0 Å². The topological polar surface area (TPSA) is 60.5 Å². The number of amides is 1. The van der Waals surface area contributed by atoms with E-state index in [0.717, 1.165) is 17.0 Å². The van der Waals surface area contributed by atoms with E-state index in [9.17, 15) is 4.79 Å². The molecule has 1 amide bonds. The molecule has 3 rings (SSSR count). The molecule has 5 nitrogen and oxygen atoms in total. The van der Waals surface area contributed by atoms with E-state index in [2.05, 4.69) is 21.7 Å². The Hall–Kier alpha value is -2.38. The Kier molecular flexibility index (Phi) is 5.67. The number of hydrogen-bond donors (Lipinski definition) is 1. The van der Waals surface area contributed by atoms with Gasteiger partial charge in [0.25, 0.3) is 5.91 Å². The molecule has 2 heterocycles. The molecule has 7 heteroatoms. The highest BCUT2D eigenvalue weighted by Gasteiger charge is 2.17. The summed E-state index contributed by atoms with van der Waals surface area (Å²) in [5.74, 6) is 1.08. The number of methoxy groups -OCH3 is 2. The highest BCUT2D eigenvalue weighted by Crippen LogP contribution is 2.38. The summed E-state index contributed by atoms with van der Waals surface area (Å²) in [4.78, 5) is 16.7.